The van der Waals surface area contributed by atoms with E-state index >= 15 is 0 Å². The minimum Gasteiger partial charge on any atom is -0.450 e. The number of anilines is 1. The van der Waals surface area contributed by atoms with Gasteiger partial charge in [0.25, 0.3) is 0 Å². The SMILES string of the molecule is C[Si](C)(C)CCOC(=O)N1CCc2ncc(N3CCNCC3)nc2C1. The number of carbonyl (C=O) groups is 1. The minimum atomic E-state index is -1.19. The smallest absolute Gasteiger partial charge is 0.410 e. The lowest BCUT2D eigenvalue weighted by Crippen LogP contribution is -2.44. The first-order valence-electron chi connectivity index (χ1n) is 9.14. The van der Waals surface area contributed by atoms with Crippen LogP contribution >= 0.6 is 0 Å². The molecule has 0 bridgehead atoms. The standard InChI is InChI=1S/C17H29N5O2Si/c1-25(2,3)11-10-24-17(23)22-7-4-14-15(13-22)20-16(12-19-14)21-8-5-18-6-9-21/h12,18H,4-11,13H2,1-3H3. The van der Waals surface area contributed by atoms with Gasteiger partial charge in [0.1, 0.15) is 5.82 Å². The van der Waals surface area contributed by atoms with Crippen LogP contribution in [0, 0.1) is 0 Å². The van der Waals surface area contributed by atoms with Gasteiger partial charge in [0.2, 0.25) is 0 Å². The summed E-state index contributed by atoms with van der Waals surface area (Å²) in [7, 11) is -1.19. The van der Waals surface area contributed by atoms with Crippen LogP contribution in [0.3, 0.4) is 0 Å². The van der Waals surface area contributed by atoms with Crippen LogP contribution in [-0.2, 0) is 17.7 Å². The molecule has 1 aromatic heterocycles. The zero-order valence-corrected chi connectivity index (χ0v) is 16.5. The number of hydrogen-bond donors (Lipinski definition) is 1. The molecule has 0 aromatic carbocycles. The maximum Gasteiger partial charge on any atom is 0.410 e. The van der Waals surface area contributed by atoms with E-state index in [2.05, 4.69) is 34.8 Å². The molecule has 1 aromatic rings. The molecule has 0 saturated carbocycles. The Morgan fingerprint density at radius 3 is 2.72 bits per heavy atom. The summed E-state index contributed by atoms with van der Waals surface area (Å²) in [6.07, 6.45) is 2.39. The van der Waals surface area contributed by atoms with Crippen molar-refractivity contribution in [2.24, 2.45) is 0 Å². The van der Waals surface area contributed by atoms with Crippen molar-refractivity contribution in [1.29, 1.82) is 0 Å². The summed E-state index contributed by atoms with van der Waals surface area (Å²) in [6.45, 7) is 12.3. The first-order valence-corrected chi connectivity index (χ1v) is 12.9. The number of rotatable bonds is 4. The van der Waals surface area contributed by atoms with Crippen molar-refractivity contribution in [2.45, 2.75) is 38.7 Å². The highest BCUT2D eigenvalue weighted by atomic mass is 28.3. The van der Waals surface area contributed by atoms with Crippen LogP contribution in [0.15, 0.2) is 6.20 Å². The Bertz CT molecular complexity index is 614. The van der Waals surface area contributed by atoms with Gasteiger partial charge in [-0.1, -0.05) is 19.6 Å². The summed E-state index contributed by atoms with van der Waals surface area (Å²) < 4.78 is 5.47. The van der Waals surface area contributed by atoms with Gasteiger partial charge in [0, 0.05) is 47.2 Å². The number of aromatic nitrogens is 2. The first-order chi connectivity index (χ1) is 11.9. The van der Waals surface area contributed by atoms with Crippen molar-refractivity contribution >= 4 is 20.0 Å². The number of hydrogen-bond acceptors (Lipinski definition) is 6. The topological polar surface area (TPSA) is 70.6 Å². The van der Waals surface area contributed by atoms with Gasteiger partial charge in [-0.05, 0) is 6.04 Å². The van der Waals surface area contributed by atoms with E-state index in [1.165, 1.54) is 0 Å². The third kappa shape index (κ3) is 4.91. The van der Waals surface area contributed by atoms with Crippen molar-refractivity contribution in [3.8, 4) is 0 Å². The molecule has 0 radical (unpaired) electrons. The Kier molecular flexibility index (Phi) is 5.58. The molecule has 0 aliphatic carbocycles. The fraction of sp³-hybridized carbons (Fsp3) is 0.706. The summed E-state index contributed by atoms with van der Waals surface area (Å²) in [5.74, 6) is 0.911. The van der Waals surface area contributed by atoms with E-state index in [4.69, 9.17) is 9.72 Å². The van der Waals surface area contributed by atoms with Crippen LogP contribution in [0.2, 0.25) is 25.7 Å². The van der Waals surface area contributed by atoms with Crippen LogP contribution in [0.25, 0.3) is 0 Å². The first kappa shape index (κ1) is 18.1. The summed E-state index contributed by atoms with van der Waals surface area (Å²) in [5, 5.41) is 3.34. The van der Waals surface area contributed by atoms with E-state index in [9.17, 15) is 4.79 Å². The fourth-order valence-corrected chi connectivity index (χ4v) is 3.73. The highest BCUT2D eigenvalue weighted by Gasteiger charge is 2.25. The molecule has 1 fully saturated rings. The lowest BCUT2D eigenvalue weighted by molar-refractivity contribution is 0.101. The second-order valence-corrected chi connectivity index (χ2v) is 13.6. The van der Waals surface area contributed by atoms with Gasteiger partial charge in [0.05, 0.1) is 30.7 Å². The number of carbonyl (C=O) groups excluding carboxylic acids is 1. The summed E-state index contributed by atoms with van der Waals surface area (Å²) in [5.41, 5.74) is 1.91. The second-order valence-electron chi connectivity index (χ2n) is 7.96. The van der Waals surface area contributed by atoms with Crippen LogP contribution < -0.4 is 10.2 Å². The third-order valence-electron chi connectivity index (χ3n) is 4.65. The van der Waals surface area contributed by atoms with E-state index in [0.717, 1.165) is 55.8 Å². The predicted octanol–water partition coefficient (Wildman–Crippen LogP) is 1.72. The average molecular weight is 364 g/mol. The zero-order valence-electron chi connectivity index (χ0n) is 15.5. The van der Waals surface area contributed by atoms with E-state index in [1.807, 2.05) is 6.20 Å². The van der Waals surface area contributed by atoms with Crippen LogP contribution in [0.5, 0.6) is 0 Å². The van der Waals surface area contributed by atoms with Gasteiger partial charge in [-0.2, -0.15) is 0 Å². The molecule has 7 nitrogen and oxygen atoms in total. The molecule has 1 N–H and O–H groups in total. The quantitative estimate of drug-likeness (QED) is 0.822. The molecule has 0 unspecified atom stereocenters. The molecule has 0 spiro atoms. The Balaban J connectivity index is 1.60. The maximum atomic E-state index is 12.3. The minimum absolute atomic E-state index is 0.224. The molecule has 3 rings (SSSR count). The van der Waals surface area contributed by atoms with Gasteiger partial charge in [-0.25, -0.2) is 9.78 Å². The zero-order chi connectivity index (χ0) is 17.9. The van der Waals surface area contributed by atoms with E-state index in [1.54, 1.807) is 4.90 Å². The number of piperazine rings is 1. The Morgan fingerprint density at radius 1 is 1.24 bits per heavy atom. The number of ether oxygens (including phenoxy) is 1. The average Bonchev–Trinajstić information content (AvgIpc) is 2.60. The normalized spacial score (nSPS) is 18.0. The lowest BCUT2D eigenvalue weighted by Gasteiger charge is -2.31. The van der Waals surface area contributed by atoms with Crippen molar-refractivity contribution in [3.63, 3.8) is 0 Å². The molecule has 0 atom stereocenters. The number of amides is 1. The molecular weight excluding hydrogens is 334 g/mol. The number of nitrogens with one attached hydrogen (secondary N) is 1. The van der Waals surface area contributed by atoms with Gasteiger partial charge in [-0.3, -0.25) is 4.98 Å². The molecule has 1 amide bonds. The molecule has 1 saturated heterocycles. The molecule has 3 heterocycles. The molecule has 8 heteroatoms. The van der Waals surface area contributed by atoms with Gasteiger partial charge in [-0.15, -0.1) is 0 Å². The number of fused-ring (bicyclic) bond motifs is 1. The highest BCUT2D eigenvalue weighted by molar-refractivity contribution is 6.76. The van der Waals surface area contributed by atoms with Gasteiger partial charge >= 0.3 is 6.09 Å². The third-order valence-corrected chi connectivity index (χ3v) is 6.36. The van der Waals surface area contributed by atoms with Crippen molar-refractivity contribution in [1.82, 2.24) is 20.2 Å². The largest absolute Gasteiger partial charge is 0.450 e. The van der Waals surface area contributed by atoms with Crippen LogP contribution in [0.4, 0.5) is 10.6 Å². The fourth-order valence-electron chi connectivity index (χ4n) is 3.02. The van der Waals surface area contributed by atoms with Crippen molar-refractivity contribution in [2.75, 3.05) is 44.2 Å². The molecule has 25 heavy (non-hydrogen) atoms. The highest BCUT2D eigenvalue weighted by Crippen LogP contribution is 2.20. The van der Waals surface area contributed by atoms with Crippen LogP contribution in [-0.4, -0.2) is 68.4 Å². The summed E-state index contributed by atoms with van der Waals surface area (Å²) >= 11 is 0. The monoisotopic (exact) mass is 363 g/mol. The molecule has 138 valence electrons. The molecule has 2 aliphatic heterocycles. The van der Waals surface area contributed by atoms with Crippen molar-refractivity contribution < 1.29 is 9.53 Å². The Morgan fingerprint density at radius 2 is 2.00 bits per heavy atom. The van der Waals surface area contributed by atoms with E-state index in [0.29, 0.717) is 19.7 Å². The summed E-state index contributed by atoms with van der Waals surface area (Å²) in [6, 6.07) is 0.996. The van der Waals surface area contributed by atoms with Crippen molar-refractivity contribution in [3.05, 3.63) is 17.6 Å². The Labute approximate surface area is 150 Å². The van der Waals surface area contributed by atoms with Gasteiger partial charge < -0.3 is 19.9 Å². The van der Waals surface area contributed by atoms with E-state index < -0.39 is 8.07 Å². The lowest BCUT2D eigenvalue weighted by atomic mass is 10.1. The predicted molar refractivity (Wildman–Crippen MR) is 101 cm³/mol. The van der Waals surface area contributed by atoms with Crippen LogP contribution in [0.1, 0.15) is 11.4 Å². The second kappa shape index (κ2) is 7.70. The Hall–Kier alpha value is -1.67. The molecular formula is C17H29N5O2Si. The number of nitrogens with zero attached hydrogens (tertiary/aromatic N) is 4. The van der Waals surface area contributed by atoms with Gasteiger partial charge in [0.15, 0.2) is 0 Å². The van der Waals surface area contributed by atoms with E-state index in [-0.39, 0.29) is 6.09 Å². The summed E-state index contributed by atoms with van der Waals surface area (Å²) in [4.78, 5) is 25.7. The molecule has 2 aliphatic rings. The maximum absolute atomic E-state index is 12.3.